The van der Waals surface area contributed by atoms with Crippen molar-refractivity contribution in [1.29, 1.82) is 0 Å². The van der Waals surface area contributed by atoms with Crippen molar-refractivity contribution < 1.29 is 5.11 Å². The van der Waals surface area contributed by atoms with E-state index in [-0.39, 0.29) is 6.10 Å². The van der Waals surface area contributed by atoms with Gasteiger partial charge in [0.05, 0.1) is 6.10 Å². The van der Waals surface area contributed by atoms with Crippen LogP contribution in [0.5, 0.6) is 0 Å². The minimum absolute atomic E-state index is 0.0243. The molecule has 0 aromatic carbocycles. The Bertz CT molecular complexity index is 209. The van der Waals surface area contributed by atoms with E-state index < -0.39 is 0 Å². The summed E-state index contributed by atoms with van der Waals surface area (Å²) < 4.78 is 0. The SMILES string of the molecule is CC(NCCCC1CCCCC1O)C(C)(C)C. The monoisotopic (exact) mass is 241 g/mol. The van der Waals surface area contributed by atoms with Gasteiger partial charge >= 0.3 is 0 Å². The zero-order chi connectivity index (χ0) is 12.9. The summed E-state index contributed by atoms with van der Waals surface area (Å²) in [5.41, 5.74) is 0.338. The Labute approximate surface area is 107 Å². The quantitative estimate of drug-likeness (QED) is 0.724. The topological polar surface area (TPSA) is 32.3 Å². The van der Waals surface area contributed by atoms with Gasteiger partial charge in [0.25, 0.3) is 0 Å². The molecule has 0 heterocycles. The second-order valence-corrected chi connectivity index (χ2v) is 6.80. The Balaban J connectivity index is 2.11. The molecule has 1 fully saturated rings. The Hall–Kier alpha value is -0.0800. The van der Waals surface area contributed by atoms with Gasteiger partial charge in [0.1, 0.15) is 0 Å². The van der Waals surface area contributed by atoms with Gasteiger partial charge in [-0.1, -0.05) is 33.6 Å². The molecule has 1 aliphatic carbocycles. The number of rotatable bonds is 5. The van der Waals surface area contributed by atoms with Gasteiger partial charge in [0.2, 0.25) is 0 Å². The van der Waals surface area contributed by atoms with Crippen LogP contribution in [0.2, 0.25) is 0 Å². The predicted octanol–water partition coefficient (Wildman–Crippen LogP) is 3.34. The number of aliphatic hydroxyl groups is 1. The van der Waals surface area contributed by atoms with Gasteiger partial charge in [0, 0.05) is 6.04 Å². The van der Waals surface area contributed by atoms with Crippen LogP contribution in [0.25, 0.3) is 0 Å². The first-order valence-electron chi connectivity index (χ1n) is 7.32. The highest BCUT2D eigenvalue weighted by molar-refractivity contribution is 4.77. The van der Waals surface area contributed by atoms with Gasteiger partial charge in [-0.25, -0.2) is 0 Å². The number of nitrogens with one attached hydrogen (secondary N) is 1. The molecule has 1 rings (SSSR count). The molecule has 2 N–H and O–H groups in total. The van der Waals surface area contributed by atoms with E-state index in [4.69, 9.17) is 0 Å². The first-order valence-corrected chi connectivity index (χ1v) is 7.32. The van der Waals surface area contributed by atoms with E-state index in [2.05, 4.69) is 33.0 Å². The summed E-state index contributed by atoms with van der Waals surface area (Å²) in [6, 6.07) is 0.554. The van der Waals surface area contributed by atoms with Gasteiger partial charge in [-0.3, -0.25) is 0 Å². The average molecular weight is 241 g/mol. The maximum absolute atomic E-state index is 9.89. The molecule has 1 aliphatic rings. The van der Waals surface area contributed by atoms with Crippen molar-refractivity contribution in [3.05, 3.63) is 0 Å². The third-order valence-corrected chi connectivity index (χ3v) is 4.37. The highest BCUT2D eigenvalue weighted by atomic mass is 16.3. The van der Waals surface area contributed by atoms with Crippen LogP contribution >= 0.6 is 0 Å². The Morgan fingerprint density at radius 2 is 1.88 bits per heavy atom. The largest absolute Gasteiger partial charge is 0.393 e. The Kier molecular flexibility index (Phi) is 5.94. The first kappa shape index (κ1) is 15.0. The highest BCUT2D eigenvalue weighted by Gasteiger charge is 2.23. The molecule has 3 unspecified atom stereocenters. The summed E-state index contributed by atoms with van der Waals surface area (Å²) in [5.74, 6) is 0.565. The van der Waals surface area contributed by atoms with Crippen LogP contribution in [-0.2, 0) is 0 Å². The first-order chi connectivity index (χ1) is 7.91. The molecule has 0 amide bonds. The van der Waals surface area contributed by atoms with E-state index >= 15 is 0 Å². The van der Waals surface area contributed by atoms with Crippen LogP contribution < -0.4 is 5.32 Å². The van der Waals surface area contributed by atoms with Crippen molar-refractivity contribution in [3.63, 3.8) is 0 Å². The summed E-state index contributed by atoms with van der Waals surface area (Å²) >= 11 is 0. The standard InChI is InChI=1S/C15H31NO/c1-12(15(2,3)4)16-11-7-9-13-8-5-6-10-14(13)17/h12-14,16-17H,5-11H2,1-4H3. The minimum atomic E-state index is -0.0243. The van der Waals surface area contributed by atoms with E-state index in [0.29, 0.717) is 17.4 Å². The van der Waals surface area contributed by atoms with Crippen molar-refractivity contribution in [3.8, 4) is 0 Å². The maximum Gasteiger partial charge on any atom is 0.0568 e. The Morgan fingerprint density at radius 3 is 2.47 bits per heavy atom. The fourth-order valence-corrected chi connectivity index (χ4v) is 2.51. The van der Waals surface area contributed by atoms with Crippen LogP contribution in [0.15, 0.2) is 0 Å². The van der Waals surface area contributed by atoms with Crippen molar-refractivity contribution >= 4 is 0 Å². The van der Waals surface area contributed by atoms with Gasteiger partial charge in [0.15, 0.2) is 0 Å². The fourth-order valence-electron chi connectivity index (χ4n) is 2.51. The lowest BCUT2D eigenvalue weighted by molar-refractivity contribution is 0.0640. The van der Waals surface area contributed by atoms with Gasteiger partial charge < -0.3 is 10.4 Å². The zero-order valence-electron chi connectivity index (χ0n) is 12.1. The lowest BCUT2D eigenvalue weighted by Gasteiger charge is -2.30. The van der Waals surface area contributed by atoms with Crippen molar-refractivity contribution in [2.45, 2.75) is 78.4 Å². The number of hydrogen-bond donors (Lipinski definition) is 2. The third-order valence-electron chi connectivity index (χ3n) is 4.37. The van der Waals surface area contributed by atoms with Gasteiger partial charge in [-0.2, -0.15) is 0 Å². The molecule has 0 saturated heterocycles. The zero-order valence-corrected chi connectivity index (χ0v) is 12.1. The smallest absolute Gasteiger partial charge is 0.0568 e. The molecular formula is C15H31NO. The van der Waals surface area contributed by atoms with Crippen molar-refractivity contribution in [2.75, 3.05) is 6.54 Å². The summed E-state index contributed by atoms with van der Waals surface area (Å²) in [6.45, 7) is 10.2. The van der Waals surface area contributed by atoms with Crippen LogP contribution in [0.3, 0.4) is 0 Å². The number of hydrogen-bond acceptors (Lipinski definition) is 2. The lowest BCUT2D eigenvalue weighted by Crippen LogP contribution is -2.38. The Morgan fingerprint density at radius 1 is 1.24 bits per heavy atom. The van der Waals surface area contributed by atoms with Crippen LogP contribution in [0.4, 0.5) is 0 Å². The fraction of sp³-hybridized carbons (Fsp3) is 1.00. The highest BCUT2D eigenvalue weighted by Crippen LogP contribution is 2.27. The summed E-state index contributed by atoms with van der Waals surface area (Å²) in [6.07, 6.45) is 7.15. The molecule has 102 valence electrons. The van der Waals surface area contributed by atoms with E-state index in [1.165, 1.54) is 32.1 Å². The average Bonchev–Trinajstić information content (AvgIpc) is 2.25. The molecule has 0 aliphatic heterocycles. The second kappa shape index (κ2) is 6.75. The molecule has 17 heavy (non-hydrogen) atoms. The molecular weight excluding hydrogens is 210 g/mol. The van der Waals surface area contributed by atoms with E-state index in [9.17, 15) is 5.11 Å². The molecule has 0 spiro atoms. The summed E-state index contributed by atoms with van der Waals surface area (Å²) in [5, 5.41) is 13.5. The lowest BCUT2D eigenvalue weighted by atomic mass is 9.83. The normalized spacial score (nSPS) is 28.1. The van der Waals surface area contributed by atoms with E-state index in [1.807, 2.05) is 0 Å². The third kappa shape index (κ3) is 5.39. The summed E-state index contributed by atoms with van der Waals surface area (Å²) in [7, 11) is 0. The van der Waals surface area contributed by atoms with Crippen molar-refractivity contribution in [1.82, 2.24) is 5.32 Å². The van der Waals surface area contributed by atoms with Crippen LogP contribution in [-0.4, -0.2) is 23.8 Å². The molecule has 0 aromatic rings. The number of aliphatic hydroxyl groups excluding tert-OH is 1. The predicted molar refractivity (Wildman–Crippen MR) is 74.1 cm³/mol. The molecule has 2 nitrogen and oxygen atoms in total. The summed E-state index contributed by atoms with van der Waals surface area (Å²) in [4.78, 5) is 0. The molecule has 2 heteroatoms. The minimum Gasteiger partial charge on any atom is -0.393 e. The second-order valence-electron chi connectivity index (χ2n) is 6.80. The molecule has 0 aromatic heterocycles. The molecule has 1 saturated carbocycles. The molecule has 0 radical (unpaired) electrons. The molecule has 0 bridgehead atoms. The van der Waals surface area contributed by atoms with Crippen LogP contribution in [0, 0.1) is 11.3 Å². The van der Waals surface area contributed by atoms with E-state index in [1.54, 1.807) is 0 Å². The van der Waals surface area contributed by atoms with Crippen LogP contribution in [0.1, 0.15) is 66.2 Å². The maximum atomic E-state index is 9.89. The molecule has 3 atom stereocenters. The van der Waals surface area contributed by atoms with Gasteiger partial charge in [-0.15, -0.1) is 0 Å². The van der Waals surface area contributed by atoms with Crippen molar-refractivity contribution in [2.24, 2.45) is 11.3 Å². The van der Waals surface area contributed by atoms with E-state index in [0.717, 1.165) is 13.0 Å². The van der Waals surface area contributed by atoms with Gasteiger partial charge in [-0.05, 0) is 50.5 Å².